The van der Waals surface area contributed by atoms with Gasteiger partial charge < -0.3 is 20.3 Å². The van der Waals surface area contributed by atoms with Crippen molar-refractivity contribution in [1.82, 2.24) is 0 Å². The molecule has 2 rings (SSSR count). The summed E-state index contributed by atoms with van der Waals surface area (Å²) in [6.07, 6.45) is 20.1. The van der Waals surface area contributed by atoms with Gasteiger partial charge in [0.05, 0.1) is 14.3 Å². The molecule has 0 amide bonds. The minimum Gasteiger partial charge on any atom is -0.480 e. The maximum atomic E-state index is 12.6. The van der Waals surface area contributed by atoms with Crippen LogP contribution in [0.5, 0.6) is 17.2 Å². The Hall–Kier alpha value is 0.0600. The Morgan fingerprint density at radius 3 is 1.56 bits per heavy atom. The van der Waals surface area contributed by atoms with E-state index in [0.29, 0.717) is 23.7 Å². The number of carbonyl (C=O) groups excluding carboxylic acids is 1. The molecule has 3 N–H and O–H groups in total. The van der Waals surface area contributed by atoms with Crippen LogP contribution in [0.3, 0.4) is 0 Å². The predicted molar refractivity (Wildman–Crippen MR) is 208 cm³/mol. The van der Waals surface area contributed by atoms with Gasteiger partial charge in [-0.3, -0.25) is 9.59 Å². The van der Waals surface area contributed by atoms with Crippen molar-refractivity contribution in [2.75, 3.05) is 0 Å². The minimum atomic E-state index is -1.02. The lowest BCUT2D eigenvalue weighted by molar-refractivity contribution is -0.138. The van der Waals surface area contributed by atoms with Gasteiger partial charge >= 0.3 is 11.9 Å². The van der Waals surface area contributed by atoms with Crippen molar-refractivity contribution in [1.29, 1.82) is 0 Å². The molecule has 0 radical (unpaired) electrons. The third-order valence-electron chi connectivity index (χ3n) is 7.22. The van der Waals surface area contributed by atoms with Crippen LogP contribution in [0.15, 0.2) is 24.3 Å². The van der Waals surface area contributed by atoms with Gasteiger partial charge in [0.2, 0.25) is 0 Å². The zero-order chi connectivity index (χ0) is 31.6. The third kappa shape index (κ3) is 15.9. The molecule has 0 heterocycles. The van der Waals surface area contributed by atoms with Crippen molar-refractivity contribution in [3.05, 3.63) is 44.1 Å². The summed E-state index contributed by atoms with van der Waals surface area (Å²) in [4.78, 5) is 23.7. The van der Waals surface area contributed by atoms with Crippen LogP contribution in [0.25, 0.3) is 0 Å². The number of aliphatic carboxylic acids is 1. The van der Waals surface area contributed by atoms with Gasteiger partial charge in [-0.15, -0.1) is 0 Å². The normalized spacial score (nSPS) is 11.9. The standard InChI is InChI=1S/C33H45I4NO5/c1-2-3-4-5-6-7-8-9-10-11-12-13-14-15-16-17-30(39)43-32-27(36)21-24(22-28(32)37)42-31-25(34)18-23(19-26(31)35)20-29(38)33(40)41/h18-19,21-22,29H,2-17,20,38H2,1H3,(H,40,41)/t29-/m0/s1. The fraction of sp³-hybridized carbons (Fsp3) is 0.576. The zero-order valence-corrected chi connectivity index (χ0v) is 33.7. The Balaban J connectivity index is 1.69. The Kier molecular flexibility index (Phi) is 20.6. The second-order valence-corrected chi connectivity index (χ2v) is 15.7. The maximum absolute atomic E-state index is 12.6. The fourth-order valence-electron chi connectivity index (χ4n) is 4.79. The molecule has 0 saturated heterocycles. The number of nitrogens with two attached hydrogens (primary N) is 1. The average Bonchev–Trinajstić information content (AvgIpc) is 2.94. The van der Waals surface area contributed by atoms with E-state index in [1.54, 1.807) is 0 Å². The van der Waals surface area contributed by atoms with Crippen LogP contribution in [-0.2, 0) is 16.0 Å². The van der Waals surface area contributed by atoms with Gasteiger partial charge in [-0.2, -0.15) is 0 Å². The highest BCUT2D eigenvalue weighted by molar-refractivity contribution is 14.1. The van der Waals surface area contributed by atoms with E-state index in [1.165, 1.54) is 83.5 Å². The largest absolute Gasteiger partial charge is 0.480 e. The summed E-state index contributed by atoms with van der Waals surface area (Å²) in [5.74, 6) is 0.686. The Labute approximate surface area is 312 Å². The molecule has 0 fully saturated rings. The minimum absolute atomic E-state index is 0.196. The molecule has 0 aromatic heterocycles. The zero-order valence-electron chi connectivity index (χ0n) is 25.1. The second kappa shape index (κ2) is 22.6. The SMILES string of the molecule is CCCCCCCCCCCCCCCCCC(=O)Oc1c(I)cc(Oc2c(I)cc(C[C@H](N)C(=O)O)cc2I)cc1I. The van der Waals surface area contributed by atoms with Crippen molar-refractivity contribution in [2.45, 2.75) is 122 Å². The molecule has 43 heavy (non-hydrogen) atoms. The van der Waals surface area contributed by atoms with Crippen molar-refractivity contribution in [3.63, 3.8) is 0 Å². The van der Waals surface area contributed by atoms with Gasteiger partial charge in [-0.05, 0) is 133 Å². The molecule has 0 spiro atoms. The first-order valence-corrected chi connectivity index (χ1v) is 19.8. The lowest BCUT2D eigenvalue weighted by Gasteiger charge is -2.15. The number of hydrogen-bond donors (Lipinski definition) is 2. The van der Waals surface area contributed by atoms with Crippen LogP contribution in [0.1, 0.15) is 115 Å². The van der Waals surface area contributed by atoms with Crippen molar-refractivity contribution in [2.24, 2.45) is 5.73 Å². The Morgan fingerprint density at radius 2 is 1.12 bits per heavy atom. The smallest absolute Gasteiger partial charge is 0.320 e. The van der Waals surface area contributed by atoms with Crippen LogP contribution in [0, 0.1) is 14.3 Å². The average molecular weight is 1040 g/mol. The molecule has 1 atom stereocenters. The Bertz CT molecular complexity index is 1110. The predicted octanol–water partition coefficient (Wildman–Crippen LogP) is 11.0. The first kappa shape index (κ1) is 39.2. The Morgan fingerprint density at radius 1 is 0.698 bits per heavy atom. The summed E-state index contributed by atoms with van der Waals surface area (Å²) in [6.45, 7) is 2.27. The molecule has 0 unspecified atom stereocenters. The van der Waals surface area contributed by atoms with Gasteiger partial charge in [0.1, 0.15) is 11.8 Å². The van der Waals surface area contributed by atoms with Crippen molar-refractivity contribution in [3.8, 4) is 17.2 Å². The van der Waals surface area contributed by atoms with E-state index in [1.807, 2.05) is 24.3 Å². The van der Waals surface area contributed by atoms with Crippen LogP contribution in [0.4, 0.5) is 0 Å². The summed E-state index contributed by atoms with van der Waals surface area (Å²) in [6, 6.07) is 6.56. The molecule has 0 saturated carbocycles. The number of carbonyl (C=O) groups is 2. The molecule has 2 aromatic rings. The highest BCUT2D eigenvalue weighted by atomic mass is 127. The number of carboxylic acid groups (broad SMARTS) is 1. The molecule has 0 aliphatic carbocycles. The molecule has 10 heteroatoms. The number of benzene rings is 2. The molecular weight excluding hydrogens is 998 g/mol. The summed E-state index contributed by atoms with van der Waals surface area (Å²) < 4.78 is 15.3. The molecule has 2 aromatic carbocycles. The van der Waals surface area contributed by atoms with Crippen molar-refractivity contribution < 1.29 is 24.2 Å². The molecule has 0 aliphatic heterocycles. The summed E-state index contributed by atoms with van der Waals surface area (Å²) in [5, 5.41) is 9.11. The quantitative estimate of drug-likeness (QED) is 0.0528. The van der Waals surface area contributed by atoms with Crippen LogP contribution in [-0.4, -0.2) is 23.1 Å². The summed E-state index contributed by atoms with van der Waals surface area (Å²) in [5.41, 5.74) is 6.55. The lowest BCUT2D eigenvalue weighted by atomic mass is 10.0. The van der Waals surface area contributed by atoms with E-state index in [0.717, 1.165) is 32.7 Å². The molecule has 0 bridgehead atoms. The summed E-state index contributed by atoms with van der Waals surface area (Å²) >= 11 is 8.72. The van der Waals surface area contributed by atoms with E-state index < -0.39 is 12.0 Å². The highest BCUT2D eigenvalue weighted by Crippen LogP contribution is 2.37. The topological polar surface area (TPSA) is 98.9 Å². The fourth-order valence-corrected chi connectivity index (χ4v) is 8.83. The lowest BCUT2D eigenvalue weighted by Crippen LogP contribution is -2.32. The monoisotopic (exact) mass is 1040 g/mol. The van der Waals surface area contributed by atoms with Gasteiger partial charge in [0.25, 0.3) is 0 Å². The molecule has 6 nitrogen and oxygen atoms in total. The van der Waals surface area contributed by atoms with E-state index in [-0.39, 0.29) is 12.4 Å². The van der Waals surface area contributed by atoms with Crippen LogP contribution >= 0.6 is 90.4 Å². The number of rotatable bonds is 22. The maximum Gasteiger partial charge on any atom is 0.320 e. The highest BCUT2D eigenvalue weighted by Gasteiger charge is 2.18. The first-order valence-electron chi connectivity index (χ1n) is 15.5. The van der Waals surface area contributed by atoms with Gasteiger partial charge in [-0.1, -0.05) is 96.8 Å². The number of esters is 1. The number of carboxylic acids is 1. The van der Waals surface area contributed by atoms with Gasteiger partial charge in [-0.25, -0.2) is 0 Å². The first-order chi connectivity index (χ1) is 20.6. The van der Waals surface area contributed by atoms with E-state index in [4.69, 9.17) is 20.3 Å². The number of unbranched alkanes of at least 4 members (excludes halogenated alkanes) is 14. The van der Waals surface area contributed by atoms with E-state index >= 15 is 0 Å². The van der Waals surface area contributed by atoms with E-state index in [9.17, 15) is 9.59 Å². The number of ether oxygens (including phenoxy) is 2. The van der Waals surface area contributed by atoms with E-state index in [2.05, 4.69) is 97.3 Å². The van der Waals surface area contributed by atoms with Gasteiger partial charge in [0, 0.05) is 6.42 Å². The molecular formula is C33H45I4NO5. The van der Waals surface area contributed by atoms with Crippen LogP contribution < -0.4 is 15.2 Å². The number of hydrogen-bond acceptors (Lipinski definition) is 5. The van der Waals surface area contributed by atoms with Crippen LogP contribution in [0.2, 0.25) is 0 Å². The van der Waals surface area contributed by atoms with Crippen molar-refractivity contribution >= 4 is 102 Å². The second-order valence-electron chi connectivity index (χ2n) is 11.0. The molecule has 240 valence electrons. The molecule has 0 aliphatic rings. The third-order valence-corrected chi connectivity index (χ3v) is 10.4. The van der Waals surface area contributed by atoms with Gasteiger partial charge in [0.15, 0.2) is 11.5 Å². The number of halogens is 4. The summed E-state index contributed by atoms with van der Waals surface area (Å²) in [7, 11) is 0.